The molecule has 0 aliphatic rings. The van der Waals surface area contributed by atoms with E-state index in [4.69, 9.17) is 9.72 Å². The van der Waals surface area contributed by atoms with E-state index < -0.39 is 0 Å². The highest BCUT2D eigenvalue weighted by molar-refractivity contribution is 5.92. The summed E-state index contributed by atoms with van der Waals surface area (Å²) in [5, 5.41) is 3.04. The topological polar surface area (TPSA) is 69.0 Å². The smallest absolute Gasteiger partial charge is 0.270 e. The van der Waals surface area contributed by atoms with Crippen molar-refractivity contribution in [3.63, 3.8) is 0 Å². The lowest BCUT2D eigenvalue weighted by atomic mass is 9.87. The molecule has 0 fully saturated rings. The van der Waals surface area contributed by atoms with Gasteiger partial charge in [-0.25, -0.2) is 4.98 Å². The lowest BCUT2D eigenvalue weighted by molar-refractivity contribution is 0.0932. The van der Waals surface area contributed by atoms with Crippen molar-refractivity contribution in [3.8, 4) is 5.75 Å². The third kappa shape index (κ3) is 6.07. The van der Waals surface area contributed by atoms with Crippen molar-refractivity contribution in [2.75, 3.05) is 6.61 Å². The fraction of sp³-hybridized carbons (Fsp3) is 0.345. The van der Waals surface area contributed by atoms with Crippen molar-refractivity contribution in [1.82, 2.24) is 19.9 Å². The third-order valence-electron chi connectivity index (χ3n) is 6.08. The largest absolute Gasteiger partial charge is 0.494 e. The van der Waals surface area contributed by atoms with Crippen molar-refractivity contribution in [2.45, 2.75) is 58.5 Å². The van der Waals surface area contributed by atoms with Gasteiger partial charge in [0, 0.05) is 12.7 Å². The van der Waals surface area contributed by atoms with Gasteiger partial charge in [0.05, 0.1) is 23.7 Å². The maximum absolute atomic E-state index is 12.6. The number of nitrogens with zero attached hydrogens (tertiary/aromatic N) is 3. The van der Waals surface area contributed by atoms with Crippen molar-refractivity contribution >= 4 is 16.9 Å². The Morgan fingerprint density at radius 3 is 2.46 bits per heavy atom. The van der Waals surface area contributed by atoms with E-state index in [0.29, 0.717) is 12.3 Å². The Labute approximate surface area is 207 Å². The molecule has 2 aromatic carbocycles. The van der Waals surface area contributed by atoms with Crippen LogP contribution in [0.3, 0.4) is 0 Å². The van der Waals surface area contributed by atoms with E-state index in [2.05, 4.69) is 53.8 Å². The molecule has 182 valence electrons. The van der Waals surface area contributed by atoms with Crippen molar-refractivity contribution < 1.29 is 9.53 Å². The van der Waals surface area contributed by atoms with Crippen LogP contribution in [0.4, 0.5) is 0 Å². The maximum atomic E-state index is 12.6. The van der Waals surface area contributed by atoms with Crippen LogP contribution in [0.25, 0.3) is 11.0 Å². The van der Waals surface area contributed by atoms with Gasteiger partial charge >= 0.3 is 0 Å². The van der Waals surface area contributed by atoms with Gasteiger partial charge in [0.2, 0.25) is 0 Å². The number of carbonyl (C=O) groups excluding carboxylic acids is 1. The van der Waals surface area contributed by atoms with Gasteiger partial charge in [-0.15, -0.1) is 0 Å². The molecule has 6 heteroatoms. The Morgan fingerprint density at radius 2 is 1.74 bits per heavy atom. The SMILES string of the molecule is CC(NC(=O)c1ccccn1)c1nc2ccccc2n1CCCCOc1ccc(C(C)(C)C)cc1. The summed E-state index contributed by atoms with van der Waals surface area (Å²) in [6.45, 7) is 10.0. The summed E-state index contributed by atoms with van der Waals surface area (Å²) in [7, 11) is 0. The number of hydrogen-bond donors (Lipinski definition) is 1. The minimum Gasteiger partial charge on any atom is -0.494 e. The van der Waals surface area contributed by atoms with Crippen LogP contribution in [0.1, 0.15) is 68.5 Å². The van der Waals surface area contributed by atoms with Crippen LogP contribution in [0.5, 0.6) is 5.75 Å². The summed E-state index contributed by atoms with van der Waals surface area (Å²) >= 11 is 0. The highest BCUT2D eigenvalue weighted by Crippen LogP contribution is 2.25. The van der Waals surface area contributed by atoms with Crippen molar-refractivity contribution in [2.24, 2.45) is 0 Å². The van der Waals surface area contributed by atoms with Gasteiger partial charge < -0.3 is 14.6 Å². The predicted octanol–water partition coefficient (Wildman–Crippen LogP) is 6.08. The number of aromatic nitrogens is 3. The number of hydrogen-bond acceptors (Lipinski definition) is 4. The Balaban J connectivity index is 1.38. The minimum absolute atomic E-state index is 0.137. The fourth-order valence-corrected chi connectivity index (χ4v) is 4.11. The molecule has 1 atom stereocenters. The van der Waals surface area contributed by atoms with Gasteiger partial charge in [-0.2, -0.15) is 0 Å². The van der Waals surface area contributed by atoms with Gasteiger partial charge in [-0.05, 0) is 67.1 Å². The summed E-state index contributed by atoms with van der Waals surface area (Å²) in [5.41, 5.74) is 3.83. The first-order chi connectivity index (χ1) is 16.8. The monoisotopic (exact) mass is 470 g/mol. The van der Waals surface area contributed by atoms with Gasteiger partial charge in [-0.1, -0.05) is 51.1 Å². The first-order valence-electron chi connectivity index (χ1n) is 12.2. The van der Waals surface area contributed by atoms with E-state index >= 15 is 0 Å². The number of carbonyl (C=O) groups is 1. The average Bonchev–Trinajstić information content (AvgIpc) is 3.23. The predicted molar refractivity (Wildman–Crippen MR) is 140 cm³/mol. The maximum Gasteiger partial charge on any atom is 0.270 e. The highest BCUT2D eigenvalue weighted by atomic mass is 16.5. The summed E-state index contributed by atoms with van der Waals surface area (Å²) in [5.74, 6) is 1.54. The van der Waals surface area contributed by atoms with Crippen molar-refractivity contribution in [1.29, 1.82) is 0 Å². The van der Waals surface area contributed by atoms with Crippen LogP contribution in [-0.2, 0) is 12.0 Å². The number of amides is 1. The van der Waals surface area contributed by atoms with Gasteiger partial charge in [-0.3, -0.25) is 9.78 Å². The number of ether oxygens (including phenoxy) is 1. The number of unbranched alkanes of at least 4 members (excludes halogenated alkanes) is 1. The molecule has 4 rings (SSSR count). The molecule has 0 aliphatic carbocycles. The summed E-state index contributed by atoms with van der Waals surface area (Å²) in [6.07, 6.45) is 3.48. The number of benzene rings is 2. The Hall–Kier alpha value is -3.67. The molecule has 0 saturated heterocycles. The molecule has 1 unspecified atom stereocenters. The van der Waals surface area contributed by atoms with Gasteiger partial charge in [0.1, 0.15) is 17.3 Å². The number of aryl methyl sites for hydroxylation is 1. The number of rotatable bonds is 9. The zero-order chi connectivity index (χ0) is 24.8. The standard InChI is InChI=1S/C29H34N4O2/c1-21(31-28(34)25-12-7-8-18-30-25)27-32-24-11-5-6-13-26(24)33(27)19-9-10-20-35-23-16-14-22(15-17-23)29(2,3)4/h5-8,11-18,21H,9-10,19-20H2,1-4H3,(H,31,34). The third-order valence-corrected chi connectivity index (χ3v) is 6.08. The normalized spacial score (nSPS) is 12.5. The molecule has 1 amide bonds. The summed E-state index contributed by atoms with van der Waals surface area (Å²) in [6, 6.07) is 21.5. The zero-order valence-electron chi connectivity index (χ0n) is 21.0. The van der Waals surface area contributed by atoms with Crippen LogP contribution >= 0.6 is 0 Å². The van der Waals surface area contributed by atoms with Crippen LogP contribution < -0.4 is 10.1 Å². The van der Waals surface area contributed by atoms with Gasteiger partial charge in [0.15, 0.2) is 0 Å². The van der Waals surface area contributed by atoms with Crippen LogP contribution in [0.15, 0.2) is 72.9 Å². The second-order valence-corrected chi connectivity index (χ2v) is 9.85. The highest BCUT2D eigenvalue weighted by Gasteiger charge is 2.19. The Morgan fingerprint density at radius 1 is 1.00 bits per heavy atom. The summed E-state index contributed by atoms with van der Waals surface area (Å²) < 4.78 is 8.18. The fourth-order valence-electron chi connectivity index (χ4n) is 4.11. The number of pyridine rings is 1. The van der Waals surface area contributed by atoms with Crippen LogP contribution in [0.2, 0.25) is 0 Å². The van der Waals surface area contributed by atoms with Crippen LogP contribution in [-0.4, -0.2) is 27.0 Å². The molecule has 35 heavy (non-hydrogen) atoms. The Bertz CT molecular complexity index is 1260. The molecule has 0 aliphatic heterocycles. The molecule has 0 spiro atoms. The number of fused-ring (bicyclic) bond motifs is 1. The quantitative estimate of drug-likeness (QED) is 0.301. The number of imidazole rings is 1. The molecule has 2 heterocycles. The Kier molecular flexibility index (Phi) is 7.49. The molecule has 0 saturated carbocycles. The molecule has 4 aromatic rings. The second kappa shape index (κ2) is 10.7. The molecule has 6 nitrogen and oxygen atoms in total. The van der Waals surface area contributed by atoms with E-state index in [1.807, 2.05) is 43.3 Å². The molecule has 0 radical (unpaired) electrons. The minimum atomic E-state index is -0.255. The molecule has 2 aromatic heterocycles. The van der Waals surface area contributed by atoms with E-state index in [-0.39, 0.29) is 17.4 Å². The van der Waals surface area contributed by atoms with Gasteiger partial charge in [0.25, 0.3) is 5.91 Å². The van der Waals surface area contributed by atoms with Crippen LogP contribution in [0, 0.1) is 0 Å². The number of para-hydroxylation sites is 2. The van der Waals surface area contributed by atoms with E-state index in [0.717, 1.165) is 42.0 Å². The first-order valence-corrected chi connectivity index (χ1v) is 12.2. The number of nitrogens with one attached hydrogen (secondary N) is 1. The molecular formula is C29H34N4O2. The zero-order valence-corrected chi connectivity index (χ0v) is 21.0. The first kappa shape index (κ1) is 24.5. The lowest BCUT2D eigenvalue weighted by Gasteiger charge is -2.19. The van der Waals surface area contributed by atoms with Crippen molar-refractivity contribution in [3.05, 3.63) is 90.0 Å². The van der Waals surface area contributed by atoms with E-state index in [1.165, 1.54) is 5.56 Å². The summed E-state index contributed by atoms with van der Waals surface area (Å²) in [4.78, 5) is 21.6. The molecule has 1 N–H and O–H groups in total. The average molecular weight is 471 g/mol. The molecule has 0 bridgehead atoms. The second-order valence-electron chi connectivity index (χ2n) is 9.85. The van der Waals surface area contributed by atoms with E-state index in [1.54, 1.807) is 18.3 Å². The molecular weight excluding hydrogens is 436 g/mol. The lowest BCUT2D eigenvalue weighted by Crippen LogP contribution is -2.29. The van der Waals surface area contributed by atoms with E-state index in [9.17, 15) is 4.79 Å².